The fourth-order valence-electron chi connectivity index (χ4n) is 3.32. The van der Waals surface area contributed by atoms with Gasteiger partial charge in [-0.2, -0.15) is 0 Å². The van der Waals surface area contributed by atoms with Crippen molar-refractivity contribution in [3.05, 3.63) is 64.2 Å². The van der Waals surface area contributed by atoms with Crippen molar-refractivity contribution in [3.8, 4) is 11.1 Å². The molecule has 2 aromatic carbocycles. The average molecular weight is 437 g/mol. The van der Waals surface area contributed by atoms with E-state index >= 15 is 0 Å². The summed E-state index contributed by atoms with van der Waals surface area (Å²) in [6.45, 7) is 5.64. The minimum Gasteiger partial charge on any atom is -0.481 e. The van der Waals surface area contributed by atoms with Crippen molar-refractivity contribution in [1.29, 1.82) is 0 Å². The molecule has 0 aromatic heterocycles. The monoisotopic (exact) mass is 437 g/mol. The SMILES string of the molecule is C=C=[N+]1C(SCC(=O)O)=NN=C1c1cc(-c2ccc3c(c2)NNC3C)cc([N+](=O)[O-])c1. The maximum atomic E-state index is 11.6. The van der Waals surface area contributed by atoms with E-state index in [2.05, 4.69) is 33.5 Å². The number of aliphatic carboxylic acids is 1. The molecule has 2 heterocycles. The number of carboxylic acids is 1. The van der Waals surface area contributed by atoms with E-state index in [9.17, 15) is 14.9 Å². The van der Waals surface area contributed by atoms with E-state index in [-0.39, 0.29) is 28.5 Å². The molecule has 4 rings (SSSR count). The van der Waals surface area contributed by atoms with Crippen LogP contribution in [0.4, 0.5) is 11.4 Å². The Morgan fingerprint density at radius 1 is 1.29 bits per heavy atom. The molecule has 3 N–H and O–H groups in total. The lowest BCUT2D eigenvalue weighted by Gasteiger charge is -2.08. The zero-order valence-corrected chi connectivity index (χ0v) is 17.1. The second kappa shape index (κ2) is 8.15. The van der Waals surface area contributed by atoms with Gasteiger partial charge in [0.05, 0.1) is 32.4 Å². The van der Waals surface area contributed by atoms with Crippen molar-refractivity contribution < 1.29 is 19.4 Å². The lowest BCUT2D eigenvalue weighted by molar-refractivity contribution is -0.384. The number of nitrogens with zero attached hydrogens (tertiary/aromatic N) is 4. The second-order valence-corrected chi connectivity index (χ2v) is 7.74. The molecule has 0 bridgehead atoms. The van der Waals surface area contributed by atoms with E-state index in [1.54, 1.807) is 6.07 Å². The van der Waals surface area contributed by atoms with Gasteiger partial charge in [-0.25, -0.2) is 5.43 Å². The van der Waals surface area contributed by atoms with Crippen LogP contribution < -0.4 is 10.9 Å². The Kier molecular flexibility index (Phi) is 5.38. The zero-order chi connectivity index (χ0) is 22.1. The first kappa shape index (κ1) is 20.5. The van der Waals surface area contributed by atoms with Crippen LogP contribution in [0.2, 0.25) is 0 Å². The summed E-state index contributed by atoms with van der Waals surface area (Å²) in [5, 5.41) is 28.8. The van der Waals surface area contributed by atoms with Crippen LogP contribution in [0.3, 0.4) is 0 Å². The van der Waals surface area contributed by atoms with Crippen molar-refractivity contribution >= 4 is 46.0 Å². The number of fused-ring (bicyclic) bond motifs is 1. The van der Waals surface area contributed by atoms with Gasteiger partial charge in [0.1, 0.15) is 5.75 Å². The highest BCUT2D eigenvalue weighted by molar-refractivity contribution is 8.14. The third kappa shape index (κ3) is 3.97. The Hall–Kier alpha value is -3.79. The average Bonchev–Trinajstić information content (AvgIpc) is 3.34. The topological polar surface area (TPSA) is 132 Å². The minimum atomic E-state index is -1.00. The van der Waals surface area contributed by atoms with Crippen molar-refractivity contribution in [3.63, 3.8) is 0 Å². The second-order valence-electron chi connectivity index (χ2n) is 6.80. The Morgan fingerprint density at radius 2 is 2.06 bits per heavy atom. The first-order valence-corrected chi connectivity index (χ1v) is 10.1. The molecule has 11 heteroatoms. The van der Waals surface area contributed by atoms with Crippen LogP contribution in [0.5, 0.6) is 0 Å². The van der Waals surface area contributed by atoms with Gasteiger partial charge in [-0.1, -0.05) is 12.1 Å². The van der Waals surface area contributed by atoms with Crippen LogP contribution in [0.15, 0.2) is 53.2 Å². The van der Waals surface area contributed by atoms with E-state index in [0.717, 1.165) is 28.6 Å². The number of thioether (sulfide) groups is 1. The number of amidine groups is 2. The maximum Gasteiger partial charge on any atom is 0.354 e. The third-order valence-corrected chi connectivity index (χ3v) is 5.69. The van der Waals surface area contributed by atoms with Crippen molar-refractivity contribution in [1.82, 2.24) is 5.43 Å². The number of hydrogen-bond acceptors (Lipinski definition) is 8. The van der Waals surface area contributed by atoms with E-state index in [4.69, 9.17) is 5.11 Å². The number of carboxylic acid groups (broad SMARTS) is 1. The largest absolute Gasteiger partial charge is 0.481 e. The highest BCUT2D eigenvalue weighted by Gasteiger charge is 2.32. The van der Waals surface area contributed by atoms with Crippen LogP contribution in [0.25, 0.3) is 11.1 Å². The molecular formula is C20H17N6O4S+. The lowest BCUT2D eigenvalue weighted by Crippen LogP contribution is -2.23. The number of nitro groups is 1. The highest BCUT2D eigenvalue weighted by atomic mass is 32.2. The molecule has 0 fully saturated rings. The third-order valence-electron chi connectivity index (χ3n) is 4.78. The van der Waals surface area contributed by atoms with Crippen LogP contribution in [-0.4, -0.2) is 43.2 Å². The predicted molar refractivity (Wildman–Crippen MR) is 119 cm³/mol. The Balaban J connectivity index is 1.73. The summed E-state index contributed by atoms with van der Waals surface area (Å²) in [5.41, 5.74) is 10.0. The summed E-state index contributed by atoms with van der Waals surface area (Å²) < 4.78 is 1.40. The Bertz CT molecular complexity index is 1230. The molecule has 2 aromatic rings. The van der Waals surface area contributed by atoms with Crippen LogP contribution in [-0.2, 0) is 4.79 Å². The van der Waals surface area contributed by atoms with Crippen LogP contribution >= 0.6 is 11.8 Å². The van der Waals surface area contributed by atoms with Crippen LogP contribution in [0.1, 0.15) is 24.1 Å². The quantitative estimate of drug-likeness (QED) is 0.372. The van der Waals surface area contributed by atoms with Gasteiger partial charge in [-0.15, -0.1) is 4.58 Å². The summed E-state index contributed by atoms with van der Waals surface area (Å²) in [6.07, 6.45) is 0. The number of rotatable bonds is 5. The predicted octanol–water partition coefficient (Wildman–Crippen LogP) is 2.97. The fraction of sp³-hybridized carbons (Fsp3) is 0.150. The van der Waals surface area contributed by atoms with E-state index in [1.165, 1.54) is 16.7 Å². The minimum absolute atomic E-state index is 0.106. The zero-order valence-electron chi connectivity index (χ0n) is 16.3. The smallest absolute Gasteiger partial charge is 0.354 e. The van der Waals surface area contributed by atoms with Gasteiger partial charge in [0.2, 0.25) is 0 Å². The van der Waals surface area contributed by atoms with Crippen molar-refractivity contribution in [2.45, 2.75) is 13.0 Å². The molecule has 10 nitrogen and oxygen atoms in total. The molecule has 31 heavy (non-hydrogen) atoms. The normalized spacial score (nSPS) is 16.8. The number of carbonyl (C=O) groups is 1. The summed E-state index contributed by atoms with van der Waals surface area (Å²) in [4.78, 5) is 22.0. The molecule has 1 unspecified atom stereocenters. The molecule has 0 aliphatic carbocycles. The van der Waals surface area contributed by atoms with Crippen molar-refractivity contribution in [2.75, 3.05) is 11.2 Å². The van der Waals surface area contributed by atoms with Gasteiger partial charge in [-0.3, -0.25) is 14.9 Å². The van der Waals surface area contributed by atoms with Gasteiger partial charge >= 0.3 is 17.0 Å². The van der Waals surface area contributed by atoms with Gasteiger partial charge in [0.15, 0.2) is 0 Å². The first-order valence-electron chi connectivity index (χ1n) is 9.16. The first-order chi connectivity index (χ1) is 14.9. The summed E-state index contributed by atoms with van der Waals surface area (Å²) in [7, 11) is 0. The highest BCUT2D eigenvalue weighted by Crippen LogP contribution is 2.34. The number of hydrogen-bond donors (Lipinski definition) is 3. The fourth-order valence-corrected chi connectivity index (χ4v) is 3.95. The molecule has 2 aliphatic heterocycles. The molecule has 2 aliphatic rings. The molecule has 0 saturated carbocycles. The Morgan fingerprint density at radius 3 is 2.77 bits per heavy atom. The number of nitro benzene ring substituents is 1. The lowest BCUT2D eigenvalue weighted by atomic mass is 9.98. The van der Waals surface area contributed by atoms with Gasteiger partial charge in [0, 0.05) is 18.0 Å². The van der Waals surface area contributed by atoms with E-state index in [1.807, 2.05) is 25.1 Å². The number of non-ortho nitro benzene ring substituents is 1. The number of benzene rings is 2. The molecule has 0 spiro atoms. The molecule has 1 atom stereocenters. The number of anilines is 1. The van der Waals surface area contributed by atoms with Gasteiger partial charge in [-0.05, 0) is 54.1 Å². The summed E-state index contributed by atoms with van der Waals surface area (Å²) in [6, 6.07) is 10.6. The molecule has 0 saturated heterocycles. The van der Waals surface area contributed by atoms with E-state index in [0.29, 0.717) is 11.1 Å². The van der Waals surface area contributed by atoms with Crippen molar-refractivity contribution in [2.24, 2.45) is 10.2 Å². The van der Waals surface area contributed by atoms with E-state index < -0.39 is 10.9 Å². The Labute approximate surface area is 180 Å². The maximum absolute atomic E-state index is 11.6. The van der Waals surface area contributed by atoms with Crippen LogP contribution in [0, 0.1) is 10.1 Å². The molecule has 0 radical (unpaired) electrons. The molecule has 156 valence electrons. The van der Waals surface area contributed by atoms with Gasteiger partial charge in [0.25, 0.3) is 5.69 Å². The standard InChI is InChI=1S/C20H16N6O4S/c1-3-25-19(23-24-20(25)31-10-18(27)28)14-6-13(7-15(8-14)26(29)30)12-4-5-16-11(2)21-22-17(16)9-12/h4-9,11,21-22H,1,10H2,2H3/p+1. The summed E-state index contributed by atoms with van der Waals surface area (Å²) in [5.74, 6) is 1.72. The van der Waals surface area contributed by atoms with Gasteiger partial charge < -0.3 is 10.5 Å². The number of hydrazine groups is 1. The molecular weight excluding hydrogens is 420 g/mol. The summed E-state index contributed by atoms with van der Waals surface area (Å²) >= 11 is 0.958. The number of nitrogens with one attached hydrogen (secondary N) is 2. The molecule has 0 amide bonds.